The number of piperidine rings is 1. The van der Waals surface area contributed by atoms with Crippen LogP contribution in [0.5, 0.6) is 0 Å². The first-order valence-corrected chi connectivity index (χ1v) is 11.1. The van der Waals surface area contributed by atoms with E-state index in [4.69, 9.17) is 14.2 Å². The predicted molar refractivity (Wildman–Crippen MR) is 117 cm³/mol. The molecular formula is C22H47N3O3. The van der Waals surface area contributed by atoms with Crippen LogP contribution in [0.1, 0.15) is 54.4 Å². The highest BCUT2D eigenvalue weighted by Crippen LogP contribution is 2.13. The lowest BCUT2D eigenvalue weighted by molar-refractivity contribution is 0.00956. The molecule has 28 heavy (non-hydrogen) atoms. The molecule has 168 valence electrons. The Kier molecular flexibility index (Phi) is 12.8. The van der Waals surface area contributed by atoms with Crippen LogP contribution in [0.2, 0.25) is 0 Å². The molecule has 1 saturated heterocycles. The Bertz CT molecular complexity index is 372. The second kappa shape index (κ2) is 13.9. The van der Waals surface area contributed by atoms with Crippen LogP contribution in [0.15, 0.2) is 0 Å². The Balaban J connectivity index is 1.81. The van der Waals surface area contributed by atoms with Gasteiger partial charge in [-0.3, -0.25) is 0 Å². The Hall–Kier alpha value is -0.240. The van der Waals surface area contributed by atoms with E-state index in [0.717, 1.165) is 45.9 Å². The van der Waals surface area contributed by atoms with Gasteiger partial charge in [-0.15, -0.1) is 0 Å². The van der Waals surface area contributed by atoms with Crippen molar-refractivity contribution in [2.24, 2.45) is 5.41 Å². The zero-order chi connectivity index (χ0) is 20.9. The summed E-state index contributed by atoms with van der Waals surface area (Å²) in [5, 5.41) is 7.11. The fourth-order valence-corrected chi connectivity index (χ4v) is 3.26. The zero-order valence-corrected chi connectivity index (χ0v) is 19.4. The number of nitrogens with one attached hydrogen (secondary N) is 2. The third-order valence-electron chi connectivity index (χ3n) is 4.60. The van der Waals surface area contributed by atoms with Gasteiger partial charge in [-0.05, 0) is 52.1 Å². The smallest absolute Gasteiger partial charge is 0.0701 e. The molecule has 0 radical (unpaired) electrons. The molecule has 0 aromatic rings. The van der Waals surface area contributed by atoms with Gasteiger partial charge < -0.3 is 29.7 Å². The van der Waals surface area contributed by atoms with E-state index in [9.17, 15) is 0 Å². The summed E-state index contributed by atoms with van der Waals surface area (Å²) in [7, 11) is 0. The van der Waals surface area contributed by atoms with Gasteiger partial charge in [0.15, 0.2) is 0 Å². The van der Waals surface area contributed by atoms with Crippen molar-refractivity contribution >= 4 is 0 Å². The van der Waals surface area contributed by atoms with Gasteiger partial charge in [0.05, 0.1) is 39.6 Å². The largest absolute Gasteiger partial charge is 0.378 e. The molecule has 6 nitrogen and oxygen atoms in total. The molecule has 0 saturated carbocycles. The van der Waals surface area contributed by atoms with Gasteiger partial charge in [-0.1, -0.05) is 20.8 Å². The van der Waals surface area contributed by atoms with Crippen molar-refractivity contribution in [3.05, 3.63) is 0 Å². The Morgan fingerprint density at radius 2 is 1.32 bits per heavy atom. The van der Waals surface area contributed by atoms with Crippen molar-refractivity contribution in [1.29, 1.82) is 0 Å². The van der Waals surface area contributed by atoms with Crippen LogP contribution in [0.25, 0.3) is 0 Å². The van der Waals surface area contributed by atoms with Crippen LogP contribution in [-0.4, -0.2) is 88.8 Å². The molecule has 1 rings (SSSR count). The third-order valence-corrected chi connectivity index (χ3v) is 4.60. The van der Waals surface area contributed by atoms with E-state index < -0.39 is 0 Å². The van der Waals surface area contributed by atoms with Crippen LogP contribution in [0.4, 0.5) is 0 Å². The maximum atomic E-state index is 5.70. The average Bonchev–Trinajstić information content (AvgIpc) is 2.58. The van der Waals surface area contributed by atoms with E-state index in [-0.39, 0.29) is 5.54 Å². The number of hydrogen-bond acceptors (Lipinski definition) is 6. The summed E-state index contributed by atoms with van der Waals surface area (Å²) >= 11 is 0. The van der Waals surface area contributed by atoms with E-state index in [0.29, 0.717) is 37.9 Å². The fraction of sp³-hybridized carbons (Fsp3) is 1.00. The molecule has 0 unspecified atom stereocenters. The van der Waals surface area contributed by atoms with Crippen molar-refractivity contribution < 1.29 is 14.2 Å². The monoisotopic (exact) mass is 401 g/mol. The highest BCUT2D eigenvalue weighted by Gasteiger charge is 2.22. The van der Waals surface area contributed by atoms with Crippen LogP contribution in [0, 0.1) is 5.41 Å². The van der Waals surface area contributed by atoms with Crippen molar-refractivity contribution in [2.75, 3.05) is 72.4 Å². The van der Waals surface area contributed by atoms with Gasteiger partial charge in [0, 0.05) is 31.2 Å². The van der Waals surface area contributed by atoms with Gasteiger partial charge in [0.25, 0.3) is 0 Å². The van der Waals surface area contributed by atoms with Crippen LogP contribution in [0.3, 0.4) is 0 Å². The molecule has 1 aliphatic rings. The van der Waals surface area contributed by atoms with Gasteiger partial charge >= 0.3 is 0 Å². The first-order chi connectivity index (χ1) is 13.2. The van der Waals surface area contributed by atoms with Crippen molar-refractivity contribution in [3.8, 4) is 0 Å². The molecule has 1 heterocycles. The third kappa shape index (κ3) is 15.7. The van der Waals surface area contributed by atoms with Gasteiger partial charge in [-0.25, -0.2) is 0 Å². The number of rotatable bonds is 14. The molecule has 0 spiro atoms. The maximum Gasteiger partial charge on any atom is 0.0701 e. The van der Waals surface area contributed by atoms with Gasteiger partial charge in [0.1, 0.15) is 0 Å². The fourth-order valence-electron chi connectivity index (χ4n) is 3.26. The summed E-state index contributed by atoms with van der Waals surface area (Å²) in [6.07, 6.45) is 2.46. The molecule has 2 N–H and O–H groups in total. The highest BCUT2D eigenvalue weighted by molar-refractivity contribution is 4.82. The minimum Gasteiger partial charge on any atom is -0.378 e. The van der Waals surface area contributed by atoms with E-state index in [1.807, 2.05) is 0 Å². The summed E-state index contributed by atoms with van der Waals surface area (Å²) in [5.74, 6) is 0. The molecule has 1 fully saturated rings. The van der Waals surface area contributed by atoms with Gasteiger partial charge in [0.2, 0.25) is 0 Å². The molecule has 1 aliphatic heterocycles. The SMILES string of the molecule is CC(C)(C)CNCCOCCOCCOCCN1CCC(NC(C)(C)C)CC1. The first kappa shape index (κ1) is 25.8. The normalized spacial score (nSPS) is 17.4. The highest BCUT2D eigenvalue weighted by atomic mass is 16.5. The van der Waals surface area contributed by atoms with Crippen LogP contribution < -0.4 is 10.6 Å². The summed E-state index contributed by atoms with van der Waals surface area (Å²) < 4.78 is 16.8. The quantitative estimate of drug-likeness (QED) is 0.436. The standard InChI is InChI=1S/C22H47N3O3/c1-21(2,3)19-23-9-13-26-15-17-28-18-16-27-14-12-25-10-7-20(8-11-25)24-22(4,5)6/h20,23-24H,7-19H2,1-6H3. The lowest BCUT2D eigenvalue weighted by Gasteiger charge is -2.36. The summed E-state index contributed by atoms with van der Waals surface area (Å²) in [6.45, 7) is 22.8. The Morgan fingerprint density at radius 1 is 0.786 bits per heavy atom. The van der Waals surface area contributed by atoms with Crippen molar-refractivity contribution in [1.82, 2.24) is 15.5 Å². The molecule has 0 aromatic carbocycles. The summed E-state index contributed by atoms with van der Waals surface area (Å²) in [6, 6.07) is 0.655. The zero-order valence-electron chi connectivity index (χ0n) is 19.4. The van der Waals surface area contributed by atoms with Gasteiger partial charge in [-0.2, -0.15) is 0 Å². The lowest BCUT2D eigenvalue weighted by Crippen LogP contribution is -2.49. The summed E-state index contributed by atoms with van der Waals surface area (Å²) in [4.78, 5) is 2.50. The van der Waals surface area contributed by atoms with Crippen LogP contribution in [-0.2, 0) is 14.2 Å². The second-order valence-electron chi connectivity index (χ2n) is 10.1. The van der Waals surface area contributed by atoms with Crippen LogP contribution >= 0.6 is 0 Å². The van der Waals surface area contributed by atoms with E-state index in [1.54, 1.807) is 0 Å². The number of likely N-dealkylation sites (tertiary alicyclic amines) is 1. The Morgan fingerprint density at radius 3 is 1.86 bits per heavy atom. The maximum absolute atomic E-state index is 5.70. The van der Waals surface area contributed by atoms with E-state index in [1.165, 1.54) is 12.8 Å². The minimum atomic E-state index is 0.212. The molecule has 0 aliphatic carbocycles. The molecule has 0 amide bonds. The molecule has 6 heteroatoms. The molecular weight excluding hydrogens is 354 g/mol. The molecule has 0 atom stereocenters. The lowest BCUT2D eigenvalue weighted by atomic mass is 9.97. The minimum absolute atomic E-state index is 0.212. The predicted octanol–water partition coefficient (Wildman–Crippen LogP) is 2.52. The van der Waals surface area contributed by atoms with E-state index in [2.05, 4.69) is 57.1 Å². The molecule has 0 aromatic heterocycles. The molecule has 0 bridgehead atoms. The van der Waals surface area contributed by atoms with Crippen molar-refractivity contribution in [3.63, 3.8) is 0 Å². The number of ether oxygens (including phenoxy) is 3. The first-order valence-electron chi connectivity index (χ1n) is 11.1. The average molecular weight is 402 g/mol. The summed E-state index contributed by atoms with van der Waals surface area (Å²) in [5.41, 5.74) is 0.535. The van der Waals surface area contributed by atoms with E-state index >= 15 is 0 Å². The Labute approximate surface area is 174 Å². The number of nitrogens with zero attached hydrogens (tertiary/aromatic N) is 1. The number of hydrogen-bond donors (Lipinski definition) is 2. The second-order valence-corrected chi connectivity index (χ2v) is 10.1. The van der Waals surface area contributed by atoms with Crippen molar-refractivity contribution in [2.45, 2.75) is 66.0 Å². The topological polar surface area (TPSA) is 55.0 Å².